The summed E-state index contributed by atoms with van der Waals surface area (Å²) in [6, 6.07) is 20.1. The van der Waals surface area contributed by atoms with Gasteiger partial charge < -0.3 is 45.7 Å². The molecule has 0 unspecified atom stereocenters. The molecule has 0 aliphatic carbocycles. The molecule has 3 amide bonds. The second-order valence-corrected chi connectivity index (χ2v) is 15.1. The van der Waals surface area contributed by atoms with E-state index in [1.807, 2.05) is 93.6 Å². The van der Waals surface area contributed by atoms with Gasteiger partial charge in [-0.25, -0.2) is 9.59 Å². The number of alkyl carbamates (subject to hydrolysis) is 2. The molecule has 0 aliphatic rings. The Labute approximate surface area is 313 Å². The van der Waals surface area contributed by atoms with Gasteiger partial charge in [-0.15, -0.1) is 0 Å². The minimum absolute atomic E-state index is 0.00312. The molecule has 6 N–H and O–H groups in total. The van der Waals surface area contributed by atoms with Gasteiger partial charge in [0.25, 0.3) is 0 Å². The Kier molecular flexibility index (Phi) is 16.5. The molecule has 290 valence electrons. The summed E-state index contributed by atoms with van der Waals surface area (Å²) in [6.07, 6.45) is -0.582. The van der Waals surface area contributed by atoms with Gasteiger partial charge in [0, 0.05) is 31.4 Å². The number of ether oxygens (including phenoxy) is 3. The Morgan fingerprint density at radius 3 is 1.87 bits per heavy atom. The highest BCUT2D eigenvalue weighted by atomic mass is 16.6. The van der Waals surface area contributed by atoms with Crippen molar-refractivity contribution in [2.75, 3.05) is 26.8 Å². The highest BCUT2D eigenvalue weighted by Crippen LogP contribution is 2.21. The van der Waals surface area contributed by atoms with Crippen LogP contribution in [-0.2, 0) is 33.5 Å². The van der Waals surface area contributed by atoms with Gasteiger partial charge in [-0.2, -0.15) is 0 Å². The first kappa shape index (κ1) is 42.7. The van der Waals surface area contributed by atoms with Crippen LogP contribution >= 0.6 is 0 Å². The fourth-order valence-corrected chi connectivity index (χ4v) is 5.47. The van der Waals surface area contributed by atoms with Crippen LogP contribution in [0.15, 0.2) is 79.0 Å². The zero-order valence-corrected chi connectivity index (χ0v) is 31.9. The summed E-state index contributed by atoms with van der Waals surface area (Å²) in [6.45, 7) is 11.2. The van der Waals surface area contributed by atoms with Crippen molar-refractivity contribution in [1.82, 2.24) is 26.3 Å². The number of benzene rings is 2. The molecule has 0 spiro atoms. The zero-order chi connectivity index (χ0) is 39.0. The van der Waals surface area contributed by atoms with Crippen LogP contribution in [-0.4, -0.2) is 96.0 Å². The minimum atomic E-state index is -1.09. The number of carbonyl (C=O) groups is 3. The van der Waals surface area contributed by atoms with E-state index in [4.69, 9.17) is 14.2 Å². The second kappa shape index (κ2) is 20.5. The van der Waals surface area contributed by atoms with E-state index in [0.29, 0.717) is 25.2 Å². The summed E-state index contributed by atoms with van der Waals surface area (Å²) >= 11 is 0. The minimum Gasteiger partial charge on any atom is -0.493 e. The molecule has 53 heavy (non-hydrogen) atoms. The molecular weight excluding hydrogens is 678 g/mol. The molecule has 0 bridgehead atoms. The number of carbonyl (C=O) groups excluding carboxylic acids is 3. The molecule has 13 heteroatoms. The standard InChI is InChI=1S/C40H57N5O8/c1-39(2,3)35(45-37(49)51-7)36(48)43-31(23-27-13-9-8-10-14-27)33(46)25-41-26-34(47)32(44-38(50)53-40(4,5)6)24-28-16-18-30(19-17-28)52-22-20-29-15-11-12-21-42-29/h8-19,21,31-35,41,46-47H,20,22-26H2,1-7H3,(H,43,48)(H,44,50)(H,45,49)/t31-,32-,33+,34+,35+/m0/s1. The number of methoxy groups -OCH3 is 1. The van der Waals surface area contributed by atoms with E-state index in [0.717, 1.165) is 16.8 Å². The molecule has 0 radical (unpaired) electrons. The average Bonchev–Trinajstić information content (AvgIpc) is 3.10. The number of pyridine rings is 1. The number of hydrogen-bond donors (Lipinski definition) is 6. The van der Waals surface area contributed by atoms with Gasteiger partial charge >= 0.3 is 12.2 Å². The van der Waals surface area contributed by atoms with Crippen molar-refractivity contribution >= 4 is 18.1 Å². The van der Waals surface area contributed by atoms with E-state index in [2.05, 4.69) is 26.3 Å². The van der Waals surface area contributed by atoms with Crippen molar-refractivity contribution < 1.29 is 38.8 Å². The van der Waals surface area contributed by atoms with E-state index < -0.39 is 59.4 Å². The number of nitrogens with zero attached hydrogens (tertiary/aromatic N) is 1. The summed E-state index contributed by atoms with van der Waals surface area (Å²) in [5.74, 6) is 0.207. The summed E-state index contributed by atoms with van der Waals surface area (Å²) in [7, 11) is 1.22. The lowest BCUT2D eigenvalue weighted by molar-refractivity contribution is -0.127. The number of hydrogen-bond acceptors (Lipinski definition) is 10. The maximum atomic E-state index is 13.5. The molecule has 0 fully saturated rings. The molecule has 1 heterocycles. The first-order chi connectivity index (χ1) is 25.0. The van der Waals surface area contributed by atoms with Crippen LogP contribution in [0.1, 0.15) is 58.4 Å². The predicted molar refractivity (Wildman–Crippen MR) is 202 cm³/mol. The highest BCUT2D eigenvalue weighted by molar-refractivity contribution is 5.86. The van der Waals surface area contributed by atoms with E-state index in [-0.39, 0.29) is 19.5 Å². The number of aliphatic hydroxyl groups excluding tert-OH is 2. The van der Waals surface area contributed by atoms with Gasteiger partial charge in [-0.3, -0.25) is 9.78 Å². The third kappa shape index (κ3) is 15.8. The third-order valence-electron chi connectivity index (χ3n) is 8.27. The van der Waals surface area contributed by atoms with Crippen LogP contribution in [0.4, 0.5) is 9.59 Å². The van der Waals surface area contributed by atoms with Crippen LogP contribution in [0.5, 0.6) is 5.75 Å². The lowest BCUT2D eigenvalue weighted by Crippen LogP contribution is -2.58. The molecule has 5 atom stereocenters. The van der Waals surface area contributed by atoms with Crippen LogP contribution < -0.4 is 26.0 Å². The van der Waals surface area contributed by atoms with E-state index >= 15 is 0 Å². The number of aromatic nitrogens is 1. The fourth-order valence-electron chi connectivity index (χ4n) is 5.47. The number of amides is 3. The Balaban J connectivity index is 1.67. The van der Waals surface area contributed by atoms with Crippen molar-refractivity contribution in [1.29, 1.82) is 0 Å². The van der Waals surface area contributed by atoms with Crippen molar-refractivity contribution in [2.24, 2.45) is 5.41 Å². The zero-order valence-electron chi connectivity index (χ0n) is 31.9. The summed E-state index contributed by atoms with van der Waals surface area (Å²) in [4.78, 5) is 42.7. The SMILES string of the molecule is COC(=O)N[C@H](C(=O)N[C@@H](Cc1ccccc1)[C@H](O)CNC[C@@H](O)[C@H](Cc1ccc(OCCc2ccccn2)cc1)NC(=O)OC(C)(C)C)C(C)(C)C. The third-order valence-corrected chi connectivity index (χ3v) is 8.27. The summed E-state index contributed by atoms with van der Waals surface area (Å²) in [5, 5.41) is 34.1. The van der Waals surface area contributed by atoms with Crippen LogP contribution in [0, 0.1) is 5.41 Å². The van der Waals surface area contributed by atoms with Gasteiger partial charge in [0.1, 0.15) is 17.4 Å². The van der Waals surface area contributed by atoms with E-state index in [9.17, 15) is 24.6 Å². The molecule has 0 saturated heterocycles. The van der Waals surface area contributed by atoms with Crippen molar-refractivity contribution in [3.8, 4) is 5.75 Å². The molecule has 1 aromatic heterocycles. The topological polar surface area (TPSA) is 180 Å². The van der Waals surface area contributed by atoms with Crippen LogP contribution in [0.25, 0.3) is 0 Å². The smallest absolute Gasteiger partial charge is 0.407 e. The normalized spacial score (nSPS) is 14.5. The average molecular weight is 736 g/mol. The van der Waals surface area contributed by atoms with Crippen LogP contribution in [0.3, 0.4) is 0 Å². The lowest BCUT2D eigenvalue weighted by Gasteiger charge is -2.33. The van der Waals surface area contributed by atoms with Crippen LogP contribution in [0.2, 0.25) is 0 Å². The maximum Gasteiger partial charge on any atom is 0.407 e. The summed E-state index contributed by atoms with van der Waals surface area (Å²) in [5.41, 5.74) is 1.27. The summed E-state index contributed by atoms with van der Waals surface area (Å²) < 4.78 is 16.1. The van der Waals surface area contributed by atoms with E-state index in [1.165, 1.54) is 7.11 Å². The molecule has 0 saturated carbocycles. The second-order valence-electron chi connectivity index (χ2n) is 15.1. The molecular formula is C40H57N5O8. The number of rotatable bonds is 18. The monoisotopic (exact) mass is 735 g/mol. The molecule has 3 aromatic rings. The molecule has 0 aliphatic heterocycles. The quantitative estimate of drug-likeness (QED) is 0.112. The Morgan fingerprint density at radius 1 is 0.736 bits per heavy atom. The Hall–Kier alpha value is -4.72. The van der Waals surface area contributed by atoms with Gasteiger partial charge in [0.15, 0.2) is 0 Å². The maximum absolute atomic E-state index is 13.5. The largest absolute Gasteiger partial charge is 0.493 e. The lowest BCUT2D eigenvalue weighted by atomic mass is 9.85. The van der Waals surface area contributed by atoms with Crippen molar-refractivity contribution in [3.05, 3.63) is 95.8 Å². The first-order valence-corrected chi connectivity index (χ1v) is 17.9. The van der Waals surface area contributed by atoms with Gasteiger partial charge in [0.2, 0.25) is 5.91 Å². The fraction of sp³-hybridized carbons (Fsp3) is 0.500. The van der Waals surface area contributed by atoms with Crippen molar-refractivity contribution in [3.63, 3.8) is 0 Å². The van der Waals surface area contributed by atoms with Crippen molar-refractivity contribution in [2.45, 2.75) is 96.7 Å². The Morgan fingerprint density at radius 2 is 1.32 bits per heavy atom. The predicted octanol–water partition coefficient (Wildman–Crippen LogP) is 3.95. The van der Waals surface area contributed by atoms with Gasteiger partial charge in [-0.1, -0.05) is 69.3 Å². The molecule has 2 aromatic carbocycles. The number of nitrogens with one attached hydrogen (secondary N) is 4. The van der Waals surface area contributed by atoms with Gasteiger partial charge in [-0.05, 0) is 74.4 Å². The van der Waals surface area contributed by atoms with Gasteiger partial charge in [0.05, 0.1) is 38.0 Å². The first-order valence-electron chi connectivity index (χ1n) is 17.9. The Bertz CT molecular complexity index is 1550. The highest BCUT2D eigenvalue weighted by Gasteiger charge is 2.35. The molecule has 3 rings (SSSR count). The molecule has 13 nitrogen and oxygen atoms in total. The number of aliphatic hydroxyl groups is 2. The van der Waals surface area contributed by atoms with E-state index in [1.54, 1.807) is 27.0 Å².